The van der Waals surface area contributed by atoms with Crippen LogP contribution in [0, 0.1) is 0 Å². The molecule has 0 saturated heterocycles. The Labute approximate surface area is 124 Å². The molecule has 0 aliphatic carbocycles. The lowest BCUT2D eigenvalue weighted by Gasteiger charge is -2.05. The first-order chi connectivity index (χ1) is 10.3. The van der Waals surface area contributed by atoms with Crippen LogP contribution in [0.4, 0.5) is 5.82 Å². The first-order valence-corrected chi connectivity index (χ1v) is 7.17. The number of nitrogens with zero attached hydrogens (tertiary/aromatic N) is 2. The molecule has 6 nitrogen and oxygen atoms in total. The molecule has 2 N–H and O–H groups in total. The monoisotopic (exact) mass is 288 g/mol. The van der Waals surface area contributed by atoms with Crippen LogP contribution in [0.1, 0.15) is 42.4 Å². The minimum Gasteiger partial charge on any atom is -0.467 e. The molecule has 2 rings (SSSR count). The number of amides is 1. The van der Waals surface area contributed by atoms with Gasteiger partial charge in [0.1, 0.15) is 11.6 Å². The van der Waals surface area contributed by atoms with Crippen LogP contribution in [0.15, 0.2) is 34.9 Å². The van der Waals surface area contributed by atoms with Crippen LogP contribution >= 0.6 is 0 Å². The maximum absolute atomic E-state index is 11.8. The molecular formula is C15H20N4O2. The fraction of sp³-hybridized carbons (Fsp3) is 0.400. The molecule has 0 bridgehead atoms. The van der Waals surface area contributed by atoms with Gasteiger partial charge < -0.3 is 15.1 Å². The molecule has 2 heterocycles. The predicted octanol–water partition coefficient (Wildman–Crippen LogP) is 2.60. The summed E-state index contributed by atoms with van der Waals surface area (Å²) >= 11 is 0. The molecule has 0 fully saturated rings. The van der Waals surface area contributed by atoms with Crippen molar-refractivity contribution in [1.29, 1.82) is 0 Å². The van der Waals surface area contributed by atoms with Crippen molar-refractivity contribution in [3.05, 3.63) is 42.0 Å². The highest BCUT2D eigenvalue weighted by molar-refractivity contribution is 5.92. The molecule has 21 heavy (non-hydrogen) atoms. The zero-order valence-electron chi connectivity index (χ0n) is 12.1. The smallest absolute Gasteiger partial charge is 0.271 e. The summed E-state index contributed by atoms with van der Waals surface area (Å²) in [5.41, 5.74) is 0.329. The van der Waals surface area contributed by atoms with E-state index in [2.05, 4.69) is 27.8 Å². The van der Waals surface area contributed by atoms with Gasteiger partial charge in [-0.1, -0.05) is 19.8 Å². The van der Waals surface area contributed by atoms with Crippen LogP contribution < -0.4 is 10.6 Å². The highest BCUT2D eigenvalue weighted by Crippen LogP contribution is 2.06. The number of hydrogen-bond donors (Lipinski definition) is 2. The summed E-state index contributed by atoms with van der Waals surface area (Å²) in [7, 11) is 0. The number of rotatable bonds is 8. The molecule has 0 saturated carbocycles. The first kappa shape index (κ1) is 15.0. The third-order valence-corrected chi connectivity index (χ3v) is 2.99. The Bertz CT molecular complexity index is 537. The Morgan fingerprint density at radius 1 is 1.24 bits per heavy atom. The Balaban J connectivity index is 1.79. The molecule has 2 aromatic heterocycles. The second kappa shape index (κ2) is 8.04. The van der Waals surface area contributed by atoms with E-state index in [1.54, 1.807) is 18.4 Å². The lowest BCUT2D eigenvalue weighted by Crippen LogP contribution is -2.25. The number of anilines is 1. The van der Waals surface area contributed by atoms with Gasteiger partial charge in [-0.05, 0) is 30.7 Å². The van der Waals surface area contributed by atoms with Crippen LogP contribution in [-0.2, 0) is 6.54 Å². The zero-order chi connectivity index (χ0) is 14.9. The average Bonchev–Trinajstić information content (AvgIpc) is 3.03. The minimum absolute atomic E-state index is 0.184. The van der Waals surface area contributed by atoms with Gasteiger partial charge in [0.15, 0.2) is 5.69 Å². The maximum Gasteiger partial charge on any atom is 0.271 e. The van der Waals surface area contributed by atoms with Gasteiger partial charge in [0, 0.05) is 6.54 Å². The topological polar surface area (TPSA) is 80.0 Å². The third-order valence-electron chi connectivity index (χ3n) is 2.99. The summed E-state index contributed by atoms with van der Waals surface area (Å²) < 4.78 is 5.21. The lowest BCUT2D eigenvalue weighted by atomic mass is 10.2. The van der Waals surface area contributed by atoms with Crippen molar-refractivity contribution >= 4 is 11.7 Å². The van der Waals surface area contributed by atoms with E-state index in [0.29, 0.717) is 24.6 Å². The lowest BCUT2D eigenvalue weighted by molar-refractivity contribution is 0.0947. The largest absolute Gasteiger partial charge is 0.467 e. The number of aromatic nitrogens is 2. The van der Waals surface area contributed by atoms with Crippen molar-refractivity contribution in [2.45, 2.75) is 32.7 Å². The SMILES string of the molecule is CCCCCNC(=O)c1ccc(NCc2ccco2)nn1. The molecule has 0 radical (unpaired) electrons. The van der Waals surface area contributed by atoms with Gasteiger partial charge in [-0.25, -0.2) is 0 Å². The van der Waals surface area contributed by atoms with E-state index < -0.39 is 0 Å². The molecule has 6 heteroatoms. The van der Waals surface area contributed by atoms with Crippen LogP contribution in [0.5, 0.6) is 0 Å². The van der Waals surface area contributed by atoms with Crippen LogP contribution in [0.2, 0.25) is 0 Å². The Morgan fingerprint density at radius 3 is 2.81 bits per heavy atom. The van der Waals surface area contributed by atoms with Crippen molar-refractivity contribution in [3.63, 3.8) is 0 Å². The molecule has 1 amide bonds. The van der Waals surface area contributed by atoms with Crippen molar-refractivity contribution in [1.82, 2.24) is 15.5 Å². The fourth-order valence-electron chi connectivity index (χ4n) is 1.81. The van der Waals surface area contributed by atoms with Crippen LogP contribution in [-0.4, -0.2) is 22.6 Å². The number of carbonyl (C=O) groups is 1. The molecule has 112 valence electrons. The first-order valence-electron chi connectivity index (χ1n) is 7.17. The minimum atomic E-state index is -0.184. The Hall–Kier alpha value is -2.37. The molecule has 0 atom stereocenters. The second-order valence-corrected chi connectivity index (χ2v) is 4.70. The highest BCUT2D eigenvalue weighted by Gasteiger charge is 2.07. The summed E-state index contributed by atoms with van der Waals surface area (Å²) in [5, 5.41) is 13.8. The van der Waals surface area contributed by atoms with Gasteiger partial charge in [0.25, 0.3) is 5.91 Å². The van der Waals surface area contributed by atoms with E-state index in [4.69, 9.17) is 4.42 Å². The molecule has 0 unspecified atom stereocenters. The predicted molar refractivity (Wildman–Crippen MR) is 79.9 cm³/mol. The quantitative estimate of drug-likeness (QED) is 0.730. The summed E-state index contributed by atoms with van der Waals surface area (Å²) in [5.74, 6) is 1.24. The summed E-state index contributed by atoms with van der Waals surface area (Å²) in [6, 6.07) is 7.09. The Morgan fingerprint density at radius 2 is 2.14 bits per heavy atom. The summed E-state index contributed by atoms with van der Waals surface area (Å²) in [6.45, 7) is 3.33. The van der Waals surface area contributed by atoms with Gasteiger partial charge in [-0.2, -0.15) is 0 Å². The average molecular weight is 288 g/mol. The zero-order valence-corrected chi connectivity index (χ0v) is 12.1. The molecule has 0 aromatic carbocycles. The number of carbonyl (C=O) groups excluding carboxylic acids is 1. The molecule has 0 aliphatic rings. The summed E-state index contributed by atoms with van der Waals surface area (Å²) in [6.07, 6.45) is 4.85. The van der Waals surface area contributed by atoms with Crippen molar-refractivity contribution in [2.75, 3.05) is 11.9 Å². The van der Waals surface area contributed by atoms with Crippen LogP contribution in [0.25, 0.3) is 0 Å². The van der Waals surface area contributed by atoms with Gasteiger partial charge in [-0.3, -0.25) is 4.79 Å². The molecule has 0 aliphatic heterocycles. The van der Waals surface area contributed by atoms with E-state index in [-0.39, 0.29) is 5.91 Å². The van der Waals surface area contributed by atoms with Crippen molar-refractivity contribution in [3.8, 4) is 0 Å². The van der Waals surface area contributed by atoms with Gasteiger partial charge in [0.05, 0.1) is 12.8 Å². The standard InChI is InChI=1S/C15H20N4O2/c1-2-3-4-9-16-15(20)13-7-8-14(19-18-13)17-11-12-6-5-10-21-12/h5-8,10H,2-4,9,11H2,1H3,(H,16,20)(H,17,19). The number of unbranched alkanes of at least 4 members (excludes halogenated alkanes) is 2. The van der Waals surface area contributed by atoms with Crippen molar-refractivity contribution in [2.24, 2.45) is 0 Å². The van der Waals surface area contributed by atoms with Crippen molar-refractivity contribution < 1.29 is 9.21 Å². The molecule has 0 spiro atoms. The number of hydrogen-bond acceptors (Lipinski definition) is 5. The summed E-state index contributed by atoms with van der Waals surface area (Å²) in [4.78, 5) is 11.8. The van der Waals surface area contributed by atoms with E-state index >= 15 is 0 Å². The van der Waals surface area contributed by atoms with Gasteiger partial charge in [-0.15, -0.1) is 10.2 Å². The van der Waals surface area contributed by atoms with E-state index in [0.717, 1.165) is 25.0 Å². The third kappa shape index (κ3) is 4.91. The van der Waals surface area contributed by atoms with Gasteiger partial charge in [0.2, 0.25) is 0 Å². The Kier molecular flexibility index (Phi) is 5.75. The van der Waals surface area contributed by atoms with E-state index in [9.17, 15) is 4.79 Å². The van der Waals surface area contributed by atoms with E-state index in [1.807, 2.05) is 12.1 Å². The van der Waals surface area contributed by atoms with Crippen LogP contribution in [0.3, 0.4) is 0 Å². The highest BCUT2D eigenvalue weighted by atomic mass is 16.3. The van der Waals surface area contributed by atoms with E-state index in [1.165, 1.54) is 0 Å². The molecular weight excluding hydrogens is 268 g/mol. The maximum atomic E-state index is 11.8. The van der Waals surface area contributed by atoms with Gasteiger partial charge >= 0.3 is 0 Å². The number of furan rings is 1. The number of nitrogens with one attached hydrogen (secondary N) is 2. The normalized spacial score (nSPS) is 10.3. The second-order valence-electron chi connectivity index (χ2n) is 4.70. The fourth-order valence-corrected chi connectivity index (χ4v) is 1.81. The molecule has 2 aromatic rings.